The lowest BCUT2D eigenvalue weighted by Crippen LogP contribution is -2.31. The third-order valence-electron chi connectivity index (χ3n) is 5.25. The summed E-state index contributed by atoms with van der Waals surface area (Å²) in [5, 5.41) is 6.14. The molecule has 3 rings (SSSR count). The second kappa shape index (κ2) is 9.91. The van der Waals surface area contributed by atoms with E-state index in [2.05, 4.69) is 60.5 Å². The van der Waals surface area contributed by atoms with E-state index in [1.807, 2.05) is 0 Å². The molecule has 0 aliphatic carbocycles. The van der Waals surface area contributed by atoms with Crippen LogP contribution in [0.3, 0.4) is 0 Å². The van der Waals surface area contributed by atoms with Gasteiger partial charge in [0.25, 0.3) is 0 Å². The Labute approximate surface area is 157 Å². The number of fused-ring (bicyclic) bond motifs is 1. The molecule has 1 N–H and O–H groups in total. The quantitative estimate of drug-likeness (QED) is 0.656. The molecule has 2 aromatic rings. The van der Waals surface area contributed by atoms with Crippen LogP contribution >= 0.6 is 0 Å². The first-order valence-electron chi connectivity index (χ1n) is 10.00. The highest BCUT2D eigenvalue weighted by Gasteiger charge is 2.17. The Morgan fingerprint density at radius 2 is 2.00 bits per heavy atom. The minimum atomic E-state index is 0.241. The molecule has 1 aliphatic rings. The van der Waals surface area contributed by atoms with E-state index >= 15 is 0 Å². The van der Waals surface area contributed by atoms with Gasteiger partial charge in [0.2, 0.25) is 0 Å². The molecular weight excluding hydrogens is 324 g/mol. The molecule has 0 aromatic heterocycles. The van der Waals surface area contributed by atoms with Gasteiger partial charge in [0.15, 0.2) is 0 Å². The van der Waals surface area contributed by atoms with E-state index in [0.717, 1.165) is 57.9 Å². The number of ether oxygens (including phenoxy) is 2. The number of nitrogens with one attached hydrogen (secondary N) is 1. The third kappa shape index (κ3) is 4.97. The summed E-state index contributed by atoms with van der Waals surface area (Å²) < 4.78 is 11.9. The smallest absolute Gasteiger partial charge is 0.124 e. The molecule has 1 atom stereocenters. The number of benzene rings is 2. The molecule has 4 heteroatoms. The molecule has 1 aliphatic heterocycles. The topological polar surface area (TPSA) is 33.7 Å². The van der Waals surface area contributed by atoms with Crippen LogP contribution in [0.25, 0.3) is 10.8 Å². The summed E-state index contributed by atoms with van der Waals surface area (Å²) in [6, 6.07) is 12.8. The maximum absolute atomic E-state index is 6.17. The zero-order chi connectivity index (χ0) is 18.2. The lowest BCUT2D eigenvalue weighted by molar-refractivity contribution is 0.0676. The van der Waals surface area contributed by atoms with Crippen molar-refractivity contribution in [2.45, 2.75) is 39.3 Å². The van der Waals surface area contributed by atoms with E-state index in [0.29, 0.717) is 6.61 Å². The number of hydrogen-bond acceptors (Lipinski definition) is 4. The summed E-state index contributed by atoms with van der Waals surface area (Å²) in [4.78, 5) is 2.44. The van der Waals surface area contributed by atoms with Gasteiger partial charge in [0.05, 0.1) is 6.10 Å². The summed E-state index contributed by atoms with van der Waals surface area (Å²) in [5.41, 5.74) is 1.25. The number of likely N-dealkylation sites (N-methyl/N-ethyl adjacent to an activating group) is 1. The fraction of sp³-hybridized carbons (Fsp3) is 0.545. The Bertz CT molecular complexity index is 679. The van der Waals surface area contributed by atoms with Crippen molar-refractivity contribution >= 4 is 10.8 Å². The number of nitrogens with zero attached hydrogens (tertiary/aromatic N) is 1. The molecule has 1 heterocycles. The Morgan fingerprint density at radius 3 is 2.77 bits per heavy atom. The van der Waals surface area contributed by atoms with Crippen LogP contribution in [0.2, 0.25) is 0 Å². The van der Waals surface area contributed by atoms with E-state index in [1.54, 1.807) is 0 Å². The van der Waals surface area contributed by atoms with Crippen molar-refractivity contribution in [1.29, 1.82) is 0 Å². The van der Waals surface area contributed by atoms with Gasteiger partial charge in [-0.15, -0.1) is 0 Å². The van der Waals surface area contributed by atoms with Gasteiger partial charge in [-0.25, -0.2) is 0 Å². The summed E-state index contributed by atoms with van der Waals surface area (Å²) >= 11 is 0. The molecule has 2 aromatic carbocycles. The van der Waals surface area contributed by atoms with Crippen molar-refractivity contribution in [3.63, 3.8) is 0 Å². The van der Waals surface area contributed by atoms with Crippen LogP contribution < -0.4 is 10.1 Å². The van der Waals surface area contributed by atoms with Crippen molar-refractivity contribution in [2.24, 2.45) is 0 Å². The van der Waals surface area contributed by atoms with Crippen molar-refractivity contribution in [3.05, 3.63) is 42.0 Å². The van der Waals surface area contributed by atoms with Gasteiger partial charge in [0.1, 0.15) is 12.4 Å². The predicted octanol–water partition coefficient (Wildman–Crippen LogP) is 3.83. The fourth-order valence-electron chi connectivity index (χ4n) is 3.58. The van der Waals surface area contributed by atoms with Gasteiger partial charge in [-0.05, 0) is 42.8 Å². The Balaban J connectivity index is 1.68. The van der Waals surface area contributed by atoms with E-state index < -0.39 is 0 Å². The summed E-state index contributed by atoms with van der Waals surface area (Å²) in [6.45, 7) is 11.0. The molecule has 0 spiro atoms. The molecule has 1 unspecified atom stereocenters. The first-order valence-corrected chi connectivity index (χ1v) is 10.00. The zero-order valence-electron chi connectivity index (χ0n) is 16.2. The summed E-state index contributed by atoms with van der Waals surface area (Å²) in [6.07, 6.45) is 2.49. The van der Waals surface area contributed by atoms with Crippen LogP contribution in [-0.4, -0.2) is 50.4 Å². The van der Waals surface area contributed by atoms with Gasteiger partial charge in [-0.3, -0.25) is 0 Å². The molecule has 0 bridgehead atoms. The predicted molar refractivity (Wildman–Crippen MR) is 108 cm³/mol. The average molecular weight is 357 g/mol. The van der Waals surface area contributed by atoms with Gasteiger partial charge in [0, 0.05) is 31.8 Å². The average Bonchev–Trinajstić information content (AvgIpc) is 3.20. The first kappa shape index (κ1) is 19.2. The monoisotopic (exact) mass is 356 g/mol. The fourth-order valence-corrected chi connectivity index (χ4v) is 3.58. The Morgan fingerprint density at radius 1 is 1.15 bits per heavy atom. The molecule has 0 saturated carbocycles. The SMILES string of the molecule is CCN(CC)CCNCc1c(OCC2CCCO2)ccc2ccccc12. The van der Waals surface area contributed by atoms with Crippen molar-refractivity contribution in [2.75, 3.05) is 39.4 Å². The van der Waals surface area contributed by atoms with Crippen molar-refractivity contribution < 1.29 is 9.47 Å². The maximum Gasteiger partial charge on any atom is 0.124 e. The molecule has 4 nitrogen and oxygen atoms in total. The van der Waals surface area contributed by atoms with Crippen molar-refractivity contribution in [1.82, 2.24) is 10.2 Å². The molecule has 1 saturated heterocycles. The van der Waals surface area contributed by atoms with Crippen LogP contribution in [0.15, 0.2) is 36.4 Å². The normalized spacial score (nSPS) is 17.3. The molecule has 26 heavy (non-hydrogen) atoms. The molecule has 0 amide bonds. The molecule has 142 valence electrons. The number of rotatable bonds is 10. The standard InChI is InChI=1S/C22H32N2O2/c1-3-24(4-2)14-13-23-16-21-20-10-6-5-8-18(20)11-12-22(21)26-17-19-9-7-15-25-19/h5-6,8,10-12,19,23H,3-4,7,9,13-17H2,1-2H3. The van der Waals surface area contributed by atoms with Crippen molar-refractivity contribution in [3.8, 4) is 5.75 Å². The van der Waals surface area contributed by atoms with Gasteiger partial charge in [-0.2, -0.15) is 0 Å². The van der Waals surface area contributed by atoms with Crippen LogP contribution in [0.4, 0.5) is 0 Å². The van der Waals surface area contributed by atoms with E-state index in [4.69, 9.17) is 9.47 Å². The third-order valence-corrected chi connectivity index (χ3v) is 5.25. The lowest BCUT2D eigenvalue weighted by Gasteiger charge is -2.19. The van der Waals surface area contributed by atoms with Gasteiger partial charge >= 0.3 is 0 Å². The van der Waals surface area contributed by atoms with Gasteiger partial charge in [-0.1, -0.05) is 44.2 Å². The molecular formula is C22H32N2O2. The molecule has 0 radical (unpaired) electrons. The second-order valence-electron chi connectivity index (χ2n) is 6.91. The number of hydrogen-bond donors (Lipinski definition) is 1. The largest absolute Gasteiger partial charge is 0.491 e. The first-order chi connectivity index (χ1) is 12.8. The Kier molecular flexibility index (Phi) is 7.30. The second-order valence-corrected chi connectivity index (χ2v) is 6.91. The van der Waals surface area contributed by atoms with Crippen LogP contribution in [0, 0.1) is 0 Å². The highest BCUT2D eigenvalue weighted by Crippen LogP contribution is 2.28. The zero-order valence-corrected chi connectivity index (χ0v) is 16.2. The van der Waals surface area contributed by atoms with Crippen LogP contribution in [-0.2, 0) is 11.3 Å². The summed E-state index contributed by atoms with van der Waals surface area (Å²) in [7, 11) is 0. The Hall–Kier alpha value is -1.62. The maximum atomic E-state index is 6.17. The van der Waals surface area contributed by atoms with E-state index in [9.17, 15) is 0 Å². The minimum absolute atomic E-state index is 0.241. The van der Waals surface area contributed by atoms with E-state index in [1.165, 1.54) is 16.3 Å². The highest BCUT2D eigenvalue weighted by molar-refractivity contribution is 5.87. The van der Waals surface area contributed by atoms with Gasteiger partial charge < -0.3 is 19.7 Å². The van der Waals surface area contributed by atoms with Crippen LogP contribution in [0.5, 0.6) is 5.75 Å². The highest BCUT2D eigenvalue weighted by atomic mass is 16.5. The van der Waals surface area contributed by atoms with Crippen LogP contribution in [0.1, 0.15) is 32.3 Å². The lowest BCUT2D eigenvalue weighted by atomic mass is 10.0. The minimum Gasteiger partial charge on any atom is -0.491 e. The summed E-state index contributed by atoms with van der Waals surface area (Å²) in [5.74, 6) is 0.981. The van der Waals surface area contributed by atoms with E-state index in [-0.39, 0.29) is 6.10 Å². The molecule has 1 fully saturated rings.